The van der Waals surface area contributed by atoms with Crippen LogP contribution in [0.4, 0.5) is 13.2 Å². The first-order valence-electron chi connectivity index (χ1n) is 8.87. The van der Waals surface area contributed by atoms with E-state index in [2.05, 4.69) is 0 Å². The molecule has 0 fully saturated rings. The van der Waals surface area contributed by atoms with Gasteiger partial charge in [-0.25, -0.2) is 0 Å². The Morgan fingerprint density at radius 2 is 1.86 bits per heavy atom. The average molecular weight is 405 g/mol. The summed E-state index contributed by atoms with van der Waals surface area (Å²) in [7, 11) is 0. The first-order valence-corrected chi connectivity index (χ1v) is 8.87. The molecule has 0 amide bonds. The number of benzene rings is 2. The molecule has 0 aliphatic carbocycles. The van der Waals surface area contributed by atoms with Crippen molar-refractivity contribution < 1.29 is 27.8 Å². The van der Waals surface area contributed by atoms with E-state index in [0.717, 1.165) is 6.07 Å². The number of ketones is 1. The van der Waals surface area contributed by atoms with Gasteiger partial charge in [0.25, 0.3) is 5.56 Å². The Kier molecular flexibility index (Phi) is 6.03. The molecule has 1 heterocycles. The van der Waals surface area contributed by atoms with E-state index < -0.39 is 24.1 Å². The summed E-state index contributed by atoms with van der Waals surface area (Å²) in [6, 6.07) is 11.3. The number of aliphatic hydroxyl groups is 1. The van der Waals surface area contributed by atoms with Crippen molar-refractivity contribution in [1.82, 2.24) is 4.57 Å². The monoisotopic (exact) mass is 405 g/mol. The number of aryl methyl sites for hydroxylation is 1. The number of Topliss-reactive ketones (excluding diaryl/α,β-unsaturated/α-hetero) is 1. The molecule has 5 nitrogen and oxygen atoms in total. The summed E-state index contributed by atoms with van der Waals surface area (Å²) < 4.78 is 45.6. The van der Waals surface area contributed by atoms with Gasteiger partial charge in [0.2, 0.25) is 0 Å². The summed E-state index contributed by atoms with van der Waals surface area (Å²) in [5.74, 6) is -0.739. The second-order valence-electron chi connectivity index (χ2n) is 6.39. The lowest BCUT2D eigenvalue weighted by Gasteiger charge is -2.14. The molecule has 1 aromatic heterocycles. The molecule has 0 bridgehead atoms. The van der Waals surface area contributed by atoms with Crippen molar-refractivity contribution in [3.8, 4) is 5.75 Å². The molecule has 3 rings (SSSR count). The highest BCUT2D eigenvalue weighted by Gasteiger charge is 2.33. The van der Waals surface area contributed by atoms with Crippen molar-refractivity contribution in [3.05, 3.63) is 76.2 Å². The maximum atomic E-state index is 13.0. The van der Waals surface area contributed by atoms with Crippen LogP contribution in [0.1, 0.15) is 22.3 Å². The summed E-state index contributed by atoms with van der Waals surface area (Å²) in [4.78, 5) is 24.3. The lowest BCUT2D eigenvalue weighted by Crippen LogP contribution is -2.21. The SMILES string of the molecule is O=C(CO)c1ccc2ccn(CCCOc3ccccc3C(F)(F)F)c(=O)c2c1. The van der Waals surface area contributed by atoms with E-state index in [1.54, 1.807) is 18.3 Å². The highest BCUT2D eigenvalue weighted by Crippen LogP contribution is 2.35. The second-order valence-corrected chi connectivity index (χ2v) is 6.39. The number of nitrogens with zero attached hydrogens (tertiary/aromatic N) is 1. The van der Waals surface area contributed by atoms with Crippen LogP contribution < -0.4 is 10.3 Å². The van der Waals surface area contributed by atoms with Crippen LogP contribution in [0.2, 0.25) is 0 Å². The Hall–Kier alpha value is -3.13. The second kappa shape index (κ2) is 8.48. The smallest absolute Gasteiger partial charge is 0.419 e. The Balaban J connectivity index is 1.71. The molecule has 0 unspecified atom stereocenters. The fourth-order valence-electron chi connectivity index (χ4n) is 2.96. The summed E-state index contributed by atoms with van der Waals surface area (Å²) in [6.45, 7) is -0.412. The highest BCUT2D eigenvalue weighted by atomic mass is 19.4. The summed E-state index contributed by atoms with van der Waals surface area (Å²) >= 11 is 0. The van der Waals surface area contributed by atoms with Crippen molar-refractivity contribution in [2.75, 3.05) is 13.2 Å². The highest BCUT2D eigenvalue weighted by molar-refractivity contribution is 6.00. The van der Waals surface area contributed by atoms with Crippen molar-refractivity contribution in [2.45, 2.75) is 19.1 Å². The number of ether oxygens (including phenoxy) is 1. The Morgan fingerprint density at radius 3 is 2.59 bits per heavy atom. The molecule has 0 radical (unpaired) electrons. The number of pyridine rings is 1. The molecule has 0 aliphatic heterocycles. The van der Waals surface area contributed by atoms with Gasteiger partial charge in [0.1, 0.15) is 12.4 Å². The van der Waals surface area contributed by atoms with E-state index in [1.807, 2.05) is 0 Å². The number of halogens is 3. The number of hydrogen-bond acceptors (Lipinski definition) is 4. The number of carbonyl (C=O) groups excluding carboxylic acids is 1. The Bertz CT molecular complexity index is 1090. The molecule has 2 aromatic carbocycles. The number of rotatable bonds is 7. The standard InChI is InChI=1S/C21H18F3NO4/c22-21(23,24)17-4-1-2-5-19(17)29-11-3-9-25-10-8-14-6-7-15(18(27)13-26)12-16(14)20(25)28/h1-2,4-8,10,12,26H,3,9,11,13H2. The third kappa shape index (κ3) is 4.65. The van der Waals surface area contributed by atoms with Crippen LogP contribution in [0.5, 0.6) is 5.75 Å². The van der Waals surface area contributed by atoms with Crippen molar-refractivity contribution >= 4 is 16.6 Å². The van der Waals surface area contributed by atoms with Crippen molar-refractivity contribution in [2.24, 2.45) is 0 Å². The van der Waals surface area contributed by atoms with Crippen molar-refractivity contribution in [1.29, 1.82) is 0 Å². The van der Waals surface area contributed by atoms with E-state index in [0.29, 0.717) is 17.2 Å². The van der Waals surface area contributed by atoms with Gasteiger partial charge in [-0.3, -0.25) is 9.59 Å². The number of fused-ring (bicyclic) bond motifs is 1. The number of para-hydroxylation sites is 1. The first-order chi connectivity index (χ1) is 13.8. The van der Waals surface area contributed by atoms with Crippen LogP contribution in [0.15, 0.2) is 59.5 Å². The molecule has 0 atom stereocenters. The van der Waals surface area contributed by atoms with Gasteiger partial charge >= 0.3 is 6.18 Å². The van der Waals surface area contributed by atoms with Crippen LogP contribution in [0, 0.1) is 0 Å². The number of aliphatic hydroxyl groups excluding tert-OH is 1. The fraction of sp³-hybridized carbons (Fsp3) is 0.238. The van der Waals surface area contributed by atoms with Gasteiger partial charge in [0.15, 0.2) is 5.78 Å². The zero-order valence-electron chi connectivity index (χ0n) is 15.3. The molecular formula is C21H18F3NO4. The molecule has 1 N–H and O–H groups in total. The largest absolute Gasteiger partial charge is 0.493 e. The van der Waals surface area contributed by atoms with Gasteiger partial charge in [-0.15, -0.1) is 0 Å². The number of aromatic nitrogens is 1. The number of alkyl halides is 3. The predicted octanol–water partition coefficient (Wildman–Crippen LogP) is 3.66. The average Bonchev–Trinajstić information content (AvgIpc) is 2.71. The fourth-order valence-corrected chi connectivity index (χ4v) is 2.96. The summed E-state index contributed by atoms with van der Waals surface area (Å²) in [5.41, 5.74) is -0.934. The molecular weight excluding hydrogens is 387 g/mol. The minimum atomic E-state index is -4.50. The van der Waals surface area contributed by atoms with Gasteiger partial charge < -0.3 is 14.4 Å². The normalized spacial score (nSPS) is 11.6. The summed E-state index contributed by atoms with van der Waals surface area (Å²) in [6.07, 6.45) is -2.61. The molecule has 3 aromatic rings. The van der Waals surface area contributed by atoms with Gasteiger partial charge in [-0.2, -0.15) is 13.2 Å². The minimum absolute atomic E-state index is 0.000604. The molecule has 0 saturated heterocycles. The third-order valence-corrected chi connectivity index (χ3v) is 4.44. The number of carbonyl (C=O) groups is 1. The molecule has 0 spiro atoms. The summed E-state index contributed by atoms with van der Waals surface area (Å²) in [5, 5.41) is 9.95. The zero-order chi connectivity index (χ0) is 21.0. The van der Waals surface area contributed by atoms with E-state index in [-0.39, 0.29) is 30.0 Å². The van der Waals surface area contributed by atoms with E-state index in [4.69, 9.17) is 9.84 Å². The molecule has 152 valence electrons. The van der Waals surface area contributed by atoms with Gasteiger partial charge in [0.05, 0.1) is 12.2 Å². The topological polar surface area (TPSA) is 68.5 Å². The van der Waals surface area contributed by atoms with E-state index >= 15 is 0 Å². The van der Waals surface area contributed by atoms with Gasteiger partial charge in [0, 0.05) is 23.7 Å². The van der Waals surface area contributed by atoms with Crippen LogP contribution in [0.25, 0.3) is 10.8 Å². The molecule has 0 aliphatic rings. The zero-order valence-corrected chi connectivity index (χ0v) is 15.3. The van der Waals surface area contributed by atoms with Crippen LogP contribution in [-0.4, -0.2) is 28.7 Å². The molecule has 0 saturated carbocycles. The molecule has 29 heavy (non-hydrogen) atoms. The van der Waals surface area contributed by atoms with E-state index in [9.17, 15) is 22.8 Å². The minimum Gasteiger partial charge on any atom is -0.493 e. The lowest BCUT2D eigenvalue weighted by atomic mass is 10.1. The van der Waals surface area contributed by atoms with Crippen molar-refractivity contribution in [3.63, 3.8) is 0 Å². The lowest BCUT2D eigenvalue weighted by molar-refractivity contribution is -0.139. The Labute approximate surface area is 164 Å². The molecule has 8 heteroatoms. The number of hydrogen-bond donors (Lipinski definition) is 1. The third-order valence-electron chi connectivity index (χ3n) is 4.44. The Morgan fingerprint density at radius 1 is 1.10 bits per heavy atom. The van der Waals surface area contributed by atoms with Crippen LogP contribution in [-0.2, 0) is 12.7 Å². The van der Waals surface area contributed by atoms with Gasteiger partial charge in [-0.1, -0.05) is 24.3 Å². The first kappa shape index (κ1) is 20.6. The van der Waals surface area contributed by atoms with Crippen LogP contribution in [0.3, 0.4) is 0 Å². The maximum Gasteiger partial charge on any atom is 0.419 e. The van der Waals surface area contributed by atoms with Gasteiger partial charge in [-0.05, 0) is 36.1 Å². The van der Waals surface area contributed by atoms with E-state index in [1.165, 1.54) is 34.9 Å². The quantitative estimate of drug-likeness (QED) is 0.481. The predicted molar refractivity (Wildman–Crippen MR) is 101 cm³/mol. The maximum absolute atomic E-state index is 13.0. The van der Waals surface area contributed by atoms with Crippen LogP contribution >= 0.6 is 0 Å².